The molecule has 0 amide bonds. The number of pyridine rings is 1. The first-order valence-electron chi connectivity index (χ1n) is 4.87. The van der Waals surface area contributed by atoms with Crippen molar-refractivity contribution in [2.75, 3.05) is 0 Å². The molecule has 1 rings (SSSR count). The molecule has 0 aliphatic rings. The highest BCUT2D eigenvalue weighted by atomic mass is 35.5. The second-order valence-electron chi connectivity index (χ2n) is 3.16. The topological polar surface area (TPSA) is 33.1 Å². The van der Waals surface area contributed by atoms with Crippen LogP contribution in [0.3, 0.4) is 0 Å². The molecule has 1 heterocycles. The van der Waals surface area contributed by atoms with Crippen LogP contribution in [0.25, 0.3) is 0 Å². The maximum Gasteiger partial charge on any atom is 0.134 e. The largest absolute Gasteiger partial charge is 0.506 e. The highest BCUT2D eigenvalue weighted by Gasteiger charge is 1.93. The van der Waals surface area contributed by atoms with Crippen LogP contribution in [0.2, 0.25) is 0 Å². The summed E-state index contributed by atoms with van der Waals surface area (Å²) in [5.41, 5.74) is 0.943. The molecule has 1 aromatic rings. The third-order valence-corrected chi connectivity index (χ3v) is 2.11. The molecule has 2 nitrogen and oxygen atoms in total. The molecule has 15 heavy (non-hydrogen) atoms. The molecule has 3 heteroatoms. The summed E-state index contributed by atoms with van der Waals surface area (Å²) < 4.78 is 0. The summed E-state index contributed by atoms with van der Waals surface area (Å²) in [7, 11) is 0. The molecule has 0 atom stereocenters. The SMILES string of the molecule is CC/C=C\C(Cl)=C/Cc1cncc(O)c1. The molecule has 0 spiro atoms. The number of allylic oxidation sites excluding steroid dienone is 4. The number of hydrogen-bond donors (Lipinski definition) is 1. The van der Waals surface area contributed by atoms with E-state index in [1.54, 1.807) is 12.3 Å². The number of aromatic hydroxyl groups is 1. The summed E-state index contributed by atoms with van der Waals surface area (Å²) >= 11 is 5.94. The lowest BCUT2D eigenvalue weighted by atomic mass is 10.2. The second kappa shape index (κ2) is 6.25. The van der Waals surface area contributed by atoms with Gasteiger partial charge in [-0.25, -0.2) is 0 Å². The lowest BCUT2D eigenvalue weighted by Crippen LogP contribution is -1.83. The van der Waals surface area contributed by atoms with Crippen molar-refractivity contribution < 1.29 is 5.11 Å². The zero-order valence-electron chi connectivity index (χ0n) is 8.65. The summed E-state index contributed by atoms with van der Waals surface area (Å²) in [6.07, 6.45) is 10.5. The third kappa shape index (κ3) is 4.66. The lowest BCUT2D eigenvalue weighted by Gasteiger charge is -1.96. The zero-order valence-corrected chi connectivity index (χ0v) is 9.41. The fraction of sp³-hybridized carbons (Fsp3) is 0.250. The molecule has 0 aliphatic carbocycles. The molecule has 1 aromatic heterocycles. The number of halogens is 1. The molecule has 0 aliphatic heterocycles. The zero-order chi connectivity index (χ0) is 11.1. The van der Waals surface area contributed by atoms with Crippen LogP contribution in [0.15, 0.2) is 41.7 Å². The van der Waals surface area contributed by atoms with E-state index < -0.39 is 0 Å². The maximum atomic E-state index is 9.19. The van der Waals surface area contributed by atoms with Gasteiger partial charge >= 0.3 is 0 Å². The normalized spacial score (nSPS) is 12.3. The fourth-order valence-electron chi connectivity index (χ4n) is 1.10. The first-order chi connectivity index (χ1) is 7.22. The Hall–Kier alpha value is -1.28. The molecule has 0 fully saturated rings. The van der Waals surface area contributed by atoms with Gasteiger partial charge in [0.25, 0.3) is 0 Å². The van der Waals surface area contributed by atoms with Crippen molar-refractivity contribution in [3.05, 3.63) is 47.3 Å². The van der Waals surface area contributed by atoms with Crippen LogP contribution in [-0.4, -0.2) is 10.1 Å². The van der Waals surface area contributed by atoms with Crippen LogP contribution < -0.4 is 0 Å². The van der Waals surface area contributed by atoms with E-state index in [0.717, 1.165) is 12.0 Å². The summed E-state index contributed by atoms with van der Waals surface area (Å²) in [4.78, 5) is 3.88. The van der Waals surface area contributed by atoms with Crippen LogP contribution >= 0.6 is 11.6 Å². The van der Waals surface area contributed by atoms with E-state index in [9.17, 15) is 5.11 Å². The number of hydrogen-bond acceptors (Lipinski definition) is 2. The summed E-state index contributed by atoms with van der Waals surface area (Å²) in [5, 5.41) is 9.90. The third-order valence-electron chi connectivity index (χ3n) is 1.83. The van der Waals surface area contributed by atoms with Gasteiger partial charge in [-0.3, -0.25) is 4.98 Å². The van der Waals surface area contributed by atoms with Crippen molar-refractivity contribution in [2.24, 2.45) is 0 Å². The van der Waals surface area contributed by atoms with Crippen LogP contribution in [-0.2, 0) is 6.42 Å². The van der Waals surface area contributed by atoms with Gasteiger partial charge in [-0.05, 0) is 30.5 Å². The summed E-state index contributed by atoms with van der Waals surface area (Å²) in [6.45, 7) is 2.06. The van der Waals surface area contributed by atoms with Crippen LogP contribution in [0, 0.1) is 0 Å². The van der Waals surface area contributed by atoms with Gasteiger partial charge in [-0.2, -0.15) is 0 Å². The van der Waals surface area contributed by atoms with Crippen molar-refractivity contribution in [3.8, 4) is 5.75 Å². The van der Waals surface area contributed by atoms with Gasteiger partial charge in [0.15, 0.2) is 0 Å². The fourth-order valence-corrected chi connectivity index (χ4v) is 1.27. The highest BCUT2D eigenvalue weighted by Crippen LogP contribution is 2.12. The maximum absolute atomic E-state index is 9.19. The van der Waals surface area contributed by atoms with E-state index >= 15 is 0 Å². The van der Waals surface area contributed by atoms with Crippen molar-refractivity contribution in [3.63, 3.8) is 0 Å². The Bertz CT molecular complexity index is 372. The minimum atomic E-state index is 0.182. The monoisotopic (exact) mass is 223 g/mol. The quantitative estimate of drug-likeness (QED) is 0.794. The van der Waals surface area contributed by atoms with Gasteiger partial charge in [0.05, 0.1) is 6.20 Å². The Balaban J connectivity index is 2.59. The van der Waals surface area contributed by atoms with E-state index in [1.807, 2.05) is 18.2 Å². The smallest absolute Gasteiger partial charge is 0.134 e. The Morgan fingerprint density at radius 3 is 3.00 bits per heavy atom. The number of nitrogens with zero attached hydrogens (tertiary/aromatic N) is 1. The minimum absolute atomic E-state index is 0.182. The first kappa shape index (κ1) is 11.8. The van der Waals surface area contributed by atoms with Crippen molar-refractivity contribution in [1.29, 1.82) is 0 Å². The Morgan fingerprint density at radius 2 is 2.33 bits per heavy atom. The Labute approximate surface area is 94.9 Å². The van der Waals surface area contributed by atoms with E-state index in [0.29, 0.717) is 11.5 Å². The highest BCUT2D eigenvalue weighted by molar-refractivity contribution is 6.31. The van der Waals surface area contributed by atoms with Gasteiger partial charge in [-0.15, -0.1) is 0 Å². The van der Waals surface area contributed by atoms with Crippen molar-refractivity contribution >= 4 is 11.6 Å². The van der Waals surface area contributed by atoms with Crippen LogP contribution in [0.5, 0.6) is 5.75 Å². The molecular formula is C12H14ClNO. The van der Waals surface area contributed by atoms with Crippen molar-refractivity contribution in [2.45, 2.75) is 19.8 Å². The molecule has 0 aromatic carbocycles. The molecule has 0 radical (unpaired) electrons. The van der Waals surface area contributed by atoms with E-state index in [2.05, 4.69) is 11.9 Å². The molecule has 0 unspecified atom stereocenters. The molecule has 0 saturated carbocycles. The van der Waals surface area contributed by atoms with E-state index in [1.165, 1.54) is 6.20 Å². The molecule has 0 bridgehead atoms. The van der Waals surface area contributed by atoms with E-state index in [-0.39, 0.29) is 5.75 Å². The molecule has 0 saturated heterocycles. The summed E-state index contributed by atoms with van der Waals surface area (Å²) in [5.74, 6) is 0.182. The van der Waals surface area contributed by atoms with Crippen LogP contribution in [0.4, 0.5) is 0 Å². The average molecular weight is 224 g/mol. The number of aromatic nitrogens is 1. The molecule has 1 N–H and O–H groups in total. The standard InChI is InChI=1S/C12H14ClNO/c1-2-3-4-11(13)6-5-10-7-12(15)9-14-8-10/h3-4,6-9,15H,2,5H2,1H3/b4-3-,11-6+. The lowest BCUT2D eigenvalue weighted by molar-refractivity contribution is 0.472. The second-order valence-corrected chi connectivity index (χ2v) is 3.59. The Kier molecular flexibility index (Phi) is 4.91. The van der Waals surface area contributed by atoms with E-state index in [4.69, 9.17) is 11.6 Å². The van der Waals surface area contributed by atoms with Gasteiger partial charge in [0.1, 0.15) is 5.75 Å². The van der Waals surface area contributed by atoms with Crippen molar-refractivity contribution in [1.82, 2.24) is 4.98 Å². The first-order valence-corrected chi connectivity index (χ1v) is 5.25. The summed E-state index contributed by atoms with van der Waals surface area (Å²) in [6, 6.07) is 1.68. The number of rotatable bonds is 4. The van der Waals surface area contributed by atoms with Gasteiger partial charge in [0.2, 0.25) is 0 Å². The van der Waals surface area contributed by atoms with Gasteiger partial charge < -0.3 is 5.11 Å². The molecule has 80 valence electrons. The van der Waals surface area contributed by atoms with Gasteiger partial charge in [-0.1, -0.05) is 30.7 Å². The molecular weight excluding hydrogens is 210 g/mol. The average Bonchev–Trinajstić information content (AvgIpc) is 2.23. The Morgan fingerprint density at radius 1 is 1.53 bits per heavy atom. The predicted molar refractivity (Wildman–Crippen MR) is 63.0 cm³/mol. The minimum Gasteiger partial charge on any atom is -0.506 e. The van der Waals surface area contributed by atoms with Gasteiger partial charge in [0, 0.05) is 11.2 Å². The van der Waals surface area contributed by atoms with Crippen LogP contribution in [0.1, 0.15) is 18.9 Å². The predicted octanol–water partition coefficient (Wildman–Crippen LogP) is 3.42.